The van der Waals surface area contributed by atoms with Crippen LogP contribution in [0.15, 0.2) is 0 Å². The Labute approximate surface area is 68.5 Å². The molecule has 0 aliphatic carbocycles. The van der Waals surface area contributed by atoms with Gasteiger partial charge in [-0.15, -0.1) is 0 Å². The molecule has 2 saturated heterocycles. The van der Waals surface area contributed by atoms with Crippen LogP contribution in [0, 0.1) is 0 Å². The zero-order valence-electron chi connectivity index (χ0n) is 7.25. The maximum absolute atomic E-state index is 5.44. The van der Waals surface area contributed by atoms with E-state index in [0.717, 1.165) is 6.04 Å². The molecule has 2 unspecified atom stereocenters. The summed E-state index contributed by atoms with van der Waals surface area (Å²) in [6.07, 6.45) is 5.95. The van der Waals surface area contributed by atoms with E-state index in [-0.39, 0.29) is 0 Å². The molecule has 0 saturated carbocycles. The first kappa shape index (κ1) is 7.56. The lowest BCUT2D eigenvalue weighted by Crippen LogP contribution is -2.39. The number of methoxy groups -OCH3 is 1. The third-order valence-corrected chi connectivity index (χ3v) is 3.10. The van der Waals surface area contributed by atoms with Crippen LogP contribution in [-0.4, -0.2) is 37.2 Å². The predicted molar refractivity (Wildman–Crippen MR) is 44.6 cm³/mol. The molecule has 2 aliphatic heterocycles. The Hall–Kier alpha value is -0.0800. The molecule has 0 N–H and O–H groups in total. The minimum Gasteiger partial charge on any atom is -0.380 e. The molecule has 2 rings (SSSR count). The molecule has 0 aromatic carbocycles. The minimum absolute atomic E-state index is 0.537. The van der Waals surface area contributed by atoms with Gasteiger partial charge < -0.3 is 4.74 Å². The highest BCUT2D eigenvalue weighted by Crippen LogP contribution is 2.28. The van der Waals surface area contributed by atoms with Gasteiger partial charge in [-0.05, 0) is 25.8 Å². The molecular formula is C9H17NO. The van der Waals surface area contributed by atoms with Crippen molar-refractivity contribution in [2.24, 2.45) is 0 Å². The van der Waals surface area contributed by atoms with Crippen LogP contribution in [-0.2, 0) is 4.74 Å². The number of piperidine rings is 1. The topological polar surface area (TPSA) is 12.5 Å². The average Bonchev–Trinajstić information content (AvgIpc) is 2.47. The molecule has 2 nitrogen and oxygen atoms in total. The monoisotopic (exact) mass is 155 g/mol. The van der Waals surface area contributed by atoms with Crippen LogP contribution in [0.4, 0.5) is 0 Å². The van der Waals surface area contributed by atoms with E-state index >= 15 is 0 Å². The summed E-state index contributed by atoms with van der Waals surface area (Å²) < 4.78 is 5.44. The first-order chi connectivity index (χ1) is 5.42. The van der Waals surface area contributed by atoms with Crippen molar-refractivity contribution in [3.05, 3.63) is 0 Å². The molecule has 0 radical (unpaired) electrons. The summed E-state index contributed by atoms with van der Waals surface area (Å²) in [5.74, 6) is 0. The van der Waals surface area contributed by atoms with Crippen molar-refractivity contribution in [1.82, 2.24) is 4.90 Å². The summed E-state index contributed by atoms with van der Waals surface area (Å²) in [5, 5.41) is 0. The lowest BCUT2D eigenvalue weighted by Gasteiger charge is -2.31. The first-order valence-electron chi connectivity index (χ1n) is 4.68. The Morgan fingerprint density at radius 2 is 2.09 bits per heavy atom. The molecule has 2 fully saturated rings. The zero-order chi connectivity index (χ0) is 7.68. The van der Waals surface area contributed by atoms with Gasteiger partial charge >= 0.3 is 0 Å². The molecule has 2 aliphatic rings. The van der Waals surface area contributed by atoms with Crippen molar-refractivity contribution in [3.63, 3.8) is 0 Å². The normalized spacial score (nSPS) is 39.0. The van der Waals surface area contributed by atoms with Crippen molar-refractivity contribution in [2.45, 2.75) is 37.8 Å². The summed E-state index contributed by atoms with van der Waals surface area (Å²) >= 11 is 0. The largest absolute Gasteiger partial charge is 0.380 e. The van der Waals surface area contributed by atoms with Crippen LogP contribution in [0.5, 0.6) is 0 Å². The Balaban J connectivity index is 1.98. The number of fused-ring (bicyclic) bond motifs is 1. The van der Waals surface area contributed by atoms with Crippen LogP contribution < -0.4 is 0 Å². The summed E-state index contributed by atoms with van der Waals surface area (Å²) in [5.41, 5.74) is 0. The van der Waals surface area contributed by atoms with Crippen LogP contribution in [0.2, 0.25) is 0 Å². The molecule has 0 bridgehead atoms. The van der Waals surface area contributed by atoms with E-state index < -0.39 is 0 Å². The number of nitrogens with zero attached hydrogens (tertiary/aromatic N) is 1. The maximum atomic E-state index is 5.44. The van der Waals surface area contributed by atoms with E-state index in [1.54, 1.807) is 0 Å². The van der Waals surface area contributed by atoms with E-state index in [9.17, 15) is 0 Å². The highest BCUT2D eigenvalue weighted by Gasteiger charge is 2.35. The molecule has 64 valence electrons. The number of hydrogen-bond acceptors (Lipinski definition) is 2. The predicted octanol–water partition coefficient (Wildman–Crippen LogP) is 1.26. The molecule has 0 spiro atoms. The Bertz CT molecular complexity index is 132. The standard InChI is InChI=1S/C9H17NO/c1-11-9-5-7-10-6-3-2-4-8(9)10/h8-9H,2-7H2,1H3. The lowest BCUT2D eigenvalue weighted by molar-refractivity contribution is 0.0507. The Kier molecular flexibility index (Phi) is 2.14. The molecular weight excluding hydrogens is 138 g/mol. The van der Waals surface area contributed by atoms with Gasteiger partial charge in [0.1, 0.15) is 0 Å². The van der Waals surface area contributed by atoms with Gasteiger partial charge in [-0.2, -0.15) is 0 Å². The third kappa shape index (κ3) is 1.30. The Morgan fingerprint density at radius 1 is 1.18 bits per heavy atom. The fourth-order valence-corrected chi connectivity index (χ4v) is 2.48. The quantitative estimate of drug-likeness (QED) is 0.565. The van der Waals surface area contributed by atoms with E-state index in [1.807, 2.05) is 7.11 Å². The second-order valence-electron chi connectivity index (χ2n) is 3.66. The van der Waals surface area contributed by atoms with Crippen molar-refractivity contribution in [2.75, 3.05) is 20.2 Å². The van der Waals surface area contributed by atoms with Crippen molar-refractivity contribution >= 4 is 0 Å². The summed E-state index contributed by atoms with van der Waals surface area (Å²) in [7, 11) is 1.85. The number of rotatable bonds is 1. The number of hydrogen-bond donors (Lipinski definition) is 0. The van der Waals surface area contributed by atoms with E-state index in [2.05, 4.69) is 4.90 Å². The summed E-state index contributed by atoms with van der Waals surface area (Å²) in [6, 6.07) is 0.758. The first-order valence-corrected chi connectivity index (χ1v) is 4.68. The van der Waals surface area contributed by atoms with Crippen molar-refractivity contribution < 1.29 is 4.74 Å². The molecule has 2 heterocycles. The second-order valence-corrected chi connectivity index (χ2v) is 3.66. The molecule has 11 heavy (non-hydrogen) atoms. The van der Waals surface area contributed by atoms with Crippen molar-refractivity contribution in [3.8, 4) is 0 Å². The van der Waals surface area contributed by atoms with Gasteiger partial charge in [0.25, 0.3) is 0 Å². The second kappa shape index (κ2) is 3.11. The highest BCUT2D eigenvalue weighted by molar-refractivity contribution is 4.90. The van der Waals surface area contributed by atoms with Gasteiger partial charge in [0.15, 0.2) is 0 Å². The van der Waals surface area contributed by atoms with Crippen LogP contribution >= 0.6 is 0 Å². The fraction of sp³-hybridized carbons (Fsp3) is 1.00. The van der Waals surface area contributed by atoms with Crippen LogP contribution in [0.3, 0.4) is 0 Å². The van der Waals surface area contributed by atoms with Crippen LogP contribution in [0.1, 0.15) is 25.7 Å². The fourth-order valence-electron chi connectivity index (χ4n) is 2.48. The van der Waals surface area contributed by atoms with Gasteiger partial charge in [0.05, 0.1) is 6.10 Å². The molecule has 0 amide bonds. The zero-order valence-corrected chi connectivity index (χ0v) is 7.25. The third-order valence-electron chi connectivity index (χ3n) is 3.10. The maximum Gasteiger partial charge on any atom is 0.0738 e. The van der Waals surface area contributed by atoms with E-state index in [4.69, 9.17) is 4.74 Å². The van der Waals surface area contributed by atoms with Gasteiger partial charge in [-0.3, -0.25) is 4.90 Å². The molecule has 0 aromatic heterocycles. The van der Waals surface area contributed by atoms with Gasteiger partial charge in [-0.1, -0.05) is 6.42 Å². The SMILES string of the molecule is COC1CCN2CCCCC12. The molecule has 2 atom stereocenters. The number of ether oxygens (including phenoxy) is 1. The Morgan fingerprint density at radius 3 is 2.91 bits per heavy atom. The lowest BCUT2D eigenvalue weighted by atomic mass is 10.0. The van der Waals surface area contributed by atoms with E-state index in [0.29, 0.717) is 6.10 Å². The van der Waals surface area contributed by atoms with Crippen LogP contribution in [0.25, 0.3) is 0 Å². The van der Waals surface area contributed by atoms with Gasteiger partial charge in [-0.25, -0.2) is 0 Å². The van der Waals surface area contributed by atoms with Crippen molar-refractivity contribution in [1.29, 1.82) is 0 Å². The average molecular weight is 155 g/mol. The van der Waals surface area contributed by atoms with Gasteiger partial charge in [0.2, 0.25) is 0 Å². The smallest absolute Gasteiger partial charge is 0.0738 e. The minimum atomic E-state index is 0.537. The molecule has 0 aromatic rings. The summed E-state index contributed by atoms with van der Waals surface area (Å²) in [6.45, 7) is 2.58. The highest BCUT2D eigenvalue weighted by atomic mass is 16.5. The molecule has 2 heteroatoms. The van der Waals surface area contributed by atoms with Gasteiger partial charge in [0, 0.05) is 19.7 Å². The van der Waals surface area contributed by atoms with E-state index in [1.165, 1.54) is 38.8 Å². The summed E-state index contributed by atoms with van der Waals surface area (Å²) in [4.78, 5) is 2.59.